The van der Waals surface area contributed by atoms with Gasteiger partial charge in [0.05, 0.1) is 8.07 Å². The first-order chi connectivity index (χ1) is 22.9. The van der Waals surface area contributed by atoms with Gasteiger partial charge in [-0.15, -0.1) is 69.1 Å². The van der Waals surface area contributed by atoms with Gasteiger partial charge in [-0.05, 0) is 34.9 Å². The van der Waals surface area contributed by atoms with Crippen molar-refractivity contribution in [2.24, 2.45) is 0 Å². The number of fused-ring (bicyclic) bond motifs is 2. The van der Waals surface area contributed by atoms with Crippen molar-refractivity contribution < 1.29 is 20.8 Å². The molecule has 0 fully saturated rings. The molecule has 48 heavy (non-hydrogen) atoms. The van der Waals surface area contributed by atoms with Gasteiger partial charge in [0, 0.05) is 9.52 Å². The number of halogens is 2. The first-order valence-corrected chi connectivity index (χ1v) is 28.8. The second kappa shape index (κ2) is 19.4. The Morgan fingerprint density at radius 3 is 1.56 bits per heavy atom. The topological polar surface area (TPSA) is 0 Å². The van der Waals surface area contributed by atoms with E-state index in [1.165, 1.54) is 65.7 Å². The van der Waals surface area contributed by atoms with Crippen molar-refractivity contribution in [2.45, 2.75) is 85.6 Å². The number of rotatable bonds is 6. The Labute approximate surface area is 313 Å². The molecule has 0 saturated heterocycles. The maximum atomic E-state index is 4.93. The van der Waals surface area contributed by atoms with Crippen LogP contribution in [0.2, 0.25) is 32.7 Å². The van der Waals surface area contributed by atoms with Crippen molar-refractivity contribution >= 4 is 61.4 Å². The zero-order chi connectivity index (χ0) is 35.4. The molecule has 0 spiro atoms. The van der Waals surface area contributed by atoms with E-state index in [0.29, 0.717) is 11.8 Å². The molecule has 6 rings (SSSR count). The van der Waals surface area contributed by atoms with Gasteiger partial charge < -0.3 is 0 Å². The molecule has 0 amide bonds. The molecule has 250 valence electrons. The number of hydrogen-bond acceptors (Lipinski definition) is 0. The molecule has 0 aliphatic heterocycles. The predicted molar refractivity (Wildman–Crippen MR) is 220 cm³/mol. The molecule has 0 atom stereocenters. The molecule has 6 aromatic carbocycles. The molecule has 0 N–H and O–H groups in total. The average molecular weight is 787 g/mol. The van der Waals surface area contributed by atoms with Gasteiger partial charge >= 0.3 is 37.9 Å². The monoisotopic (exact) mass is 784 g/mol. The van der Waals surface area contributed by atoms with Crippen molar-refractivity contribution in [1.82, 2.24) is 0 Å². The Hall–Kier alpha value is -2.00. The fourth-order valence-electron chi connectivity index (χ4n) is 5.79. The Bertz CT molecular complexity index is 1820. The van der Waals surface area contributed by atoms with E-state index < -0.39 is 28.9 Å². The molecule has 0 bridgehead atoms. The third-order valence-corrected chi connectivity index (χ3v) is 10.7. The van der Waals surface area contributed by atoms with E-state index in [-0.39, 0.29) is 0 Å². The SMILES string of the molecule is CC(C)c1ccc(-c2cccc3[cH-]c(C(C)C)cc23)cc1.CCc1cc2c(-c3ccc([Si](C)(C)C)cc3)cccc2[cH-]1.C[Si]C.[Cl][Zr+2][Cl]. The van der Waals surface area contributed by atoms with Gasteiger partial charge in [0.2, 0.25) is 0 Å². The standard InChI is InChI=1S/C21H23.C20H23Si.C2H6Si.2ClH.Zr/c1-14(2)16-8-10-17(11-9-16)20-7-5-6-18-12-19(15(3)4)13-21(18)20;1-5-15-13-17-7-6-8-19(20(17)14-15)16-9-11-18(12-10-16)21(2,3)4;1-3-2;;;/h5-15H,1-4H3;6-14H,5H2,1-4H3;1-2H3;2*1H;/q2*-1;;;;+4/p-2. The summed E-state index contributed by atoms with van der Waals surface area (Å²) in [5.74, 6) is 1.16. The molecule has 5 heteroatoms. The van der Waals surface area contributed by atoms with Crippen LogP contribution < -0.4 is 5.19 Å². The minimum absolute atomic E-state index is 0.577. The Morgan fingerprint density at radius 2 is 1.12 bits per heavy atom. The van der Waals surface area contributed by atoms with E-state index in [0.717, 1.165) is 15.9 Å². The van der Waals surface area contributed by atoms with Gasteiger partial charge in [0.1, 0.15) is 0 Å². The van der Waals surface area contributed by atoms with Gasteiger partial charge in [-0.25, -0.2) is 0 Å². The van der Waals surface area contributed by atoms with Crippen LogP contribution in [0.1, 0.15) is 63.1 Å². The molecule has 0 heterocycles. The summed E-state index contributed by atoms with van der Waals surface area (Å²) < 4.78 is 0. The first kappa shape index (κ1) is 40.4. The average Bonchev–Trinajstić information content (AvgIpc) is 3.70. The van der Waals surface area contributed by atoms with Crippen LogP contribution in [0.25, 0.3) is 43.8 Å². The van der Waals surface area contributed by atoms with Crippen molar-refractivity contribution in [1.29, 1.82) is 0 Å². The molecule has 0 aliphatic rings. The summed E-state index contributed by atoms with van der Waals surface area (Å²) >= 11 is -0.826. The van der Waals surface area contributed by atoms with E-state index >= 15 is 0 Å². The van der Waals surface area contributed by atoms with Gasteiger partial charge in [0.15, 0.2) is 0 Å². The van der Waals surface area contributed by atoms with Crippen LogP contribution in [0, 0.1) is 0 Å². The normalized spacial score (nSPS) is 11.0. The molecular formula is C43H52Cl2Si2Zr. The summed E-state index contributed by atoms with van der Waals surface area (Å²) in [5.41, 5.74) is 9.59. The molecule has 0 aromatic heterocycles. The summed E-state index contributed by atoms with van der Waals surface area (Å²) in [5, 5.41) is 6.99. The fourth-order valence-corrected chi connectivity index (χ4v) is 6.96. The second-order valence-electron chi connectivity index (χ2n) is 14.0. The Balaban J connectivity index is 0.000000224. The summed E-state index contributed by atoms with van der Waals surface area (Å²) in [4.78, 5) is 0. The van der Waals surface area contributed by atoms with Gasteiger partial charge in [-0.3, -0.25) is 0 Å². The molecule has 6 aromatic rings. The van der Waals surface area contributed by atoms with Crippen LogP contribution in [0.4, 0.5) is 0 Å². The summed E-state index contributed by atoms with van der Waals surface area (Å²) in [6, 6.07) is 40.8. The first-order valence-electron chi connectivity index (χ1n) is 17.0. The summed E-state index contributed by atoms with van der Waals surface area (Å²) in [6.07, 6.45) is 1.10. The Kier molecular flexibility index (Phi) is 16.3. The quantitative estimate of drug-likeness (QED) is 0.117. The molecule has 0 nitrogen and oxygen atoms in total. The van der Waals surface area contributed by atoms with Crippen molar-refractivity contribution in [3.05, 3.63) is 126 Å². The van der Waals surface area contributed by atoms with Crippen molar-refractivity contribution in [2.75, 3.05) is 0 Å². The fraction of sp³-hybridized carbons (Fsp3) is 0.302. The van der Waals surface area contributed by atoms with Crippen molar-refractivity contribution in [3.63, 3.8) is 0 Å². The minimum atomic E-state index is -1.21. The van der Waals surface area contributed by atoms with Crippen LogP contribution in [-0.4, -0.2) is 17.6 Å². The zero-order valence-corrected chi connectivity index (χ0v) is 36.5. The molecule has 0 saturated carbocycles. The van der Waals surface area contributed by atoms with Crippen LogP contribution in [0.15, 0.2) is 109 Å². The van der Waals surface area contributed by atoms with E-state index in [2.05, 4.69) is 177 Å². The zero-order valence-electron chi connectivity index (χ0n) is 30.5. The van der Waals surface area contributed by atoms with E-state index in [1.54, 1.807) is 0 Å². The van der Waals surface area contributed by atoms with E-state index in [1.807, 2.05) is 0 Å². The van der Waals surface area contributed by atoms with Crippen LogP contribution in [0.3, 0.4) is 0 Å². The van der Waals surface area contributed by atoms with E-state index in [4.69, 9.17) is 17.0 Å². The third-order valence-electron chi connectivity index (χ3n) is 8.61. The van der Waals surface area contributed by atoms with Gasteiger partial charge in [0.25, 0.3) is 0 Å². The molecule has 0 unspecified atom stereocenters. The van der Waals surface area contributed by atoms with Crippen LogP contribution >= 0.6 is 17.0 Å². The van der Waals surface area contributed by atoms with E-state index in [9.17, 15) is 0 Å². The van der Waals surface area contributed by atoms with Crippen LogP contribution in [0.5, 0.6) is 0 Å². The number of benzene rings is 4. The van der Waals surface area contributed by atoms with Gasteiger partial charge in [-0.2, -0.15) is 12.1 Å². The molecular weight excluding hydrogens is 735 g/mol. The summed E-state index contributed by atoms with van der Waals surface area (Å²) in [7, 11) is 9.74. The Morgan fingerprint density at radius 1 is 0.667 bits per heavy atom. The summed E-state index contributed by atoms with van der Waals surface area (Å²) in [6.45, 7) is 22.7. The molecule has 2 radical (unpaired) electrons. The van der Waals surface area contributed by atoms with Crippen LogP contribution in [-0.2, 0) is 27.3 Å². The molecule has 0 aliphatic carbocycles. The van der Waals surface area contributed by atoms with Gasteiger partial charge in [-0.1, -0.05) is 144 Å². The maximum absolute atomic E-state index is 4.93. The number of hydrogen-bond donors (Lipinski definition) is 0. The number of aryl methyl sites for hydroxylation is 1. The van der Waals surface area contributed by atoms with Crippen molar-refractivity contribution in [3.8, 4) is 22.3 Å². The predicted octanol–water partition coefficient (Wildman–Crippen LogP) is 14.0. The second-order valence-corrected chi connectivity index (χ2v) is 23.8. The third kappa shape index (κ3) is 11.0.